The van der Waals surface area contributed by atoms with Crippen LogP contribution in [-0.2, 0) is 9.59 Å². The number of carbonyl (C=O) groups excluding carboxylic acids is 3. The first-order valence-electron chi connectivity index (χ1n) is 9.87. The van der Waals surface area contributed by atoms with Gasteiger partial charge < -0.3 is 20.1 Å². The minimum Gasteiger partial charge on any atom is -0.480 e. The average Bonchev–Trinajstić information content (AvgIpc) is 2.84. The third-order valence-corrected chi connectivity index (χ3v) is 5.12. The van der Waals surface area contributed by atoms with Crippen LogP contribution < -0.4 is 20.1 Å². The molecule has 0 bridgehead atoms. The van der Waals surface area contributed by atoms with Gasteiger partial charge in [0, 0.05) is 12.1 Å². The molecule has 0 saturated heterocycles. The molecule has 0 unspecified atom stereocenters. The van der Waals surface area contributed by atoms with E-state index < -0.39 is 0 Å². The SMILES string of the molecule is O=C1COc2cc(Cl)c(/C=C/c3ccccc3)nc2N1.O=Cc1nc2c(cc1Cl)OCC(=O)N2. The molecule has 0 fully saturated rings. The highest BCUT2D eigenvalue weighted by molar-refractivity contribution is 6.33. The number of aromatic nitrogens is 2. The number of fused-ring (bicyclic) bond motifs is 2. The van der Waals surface area contributed by atoms with E-state index in [9.17, 15) is 14.4 Å². The molecule has 0 aliphatic carbocycles. The largest absolute Gasteiger partial charge is 0.480 e. The van der Waals surface area contributed by atoms with Gasteiger partial charge in [0.15, 0.2) is 42.6 Å². The molecule has 0 saturated carbocycles. The fraction of sp³-hybridized carbons (Fsp3) is 0.0870. The van der Waals surface area contributed by atoms with E-state index in [-0.39, 0.29) is 41.6 Å². The lowest BCUT2D eigenvalue weighted by Gasteiger charge is -2.17. The maximum atomic E-state index is 11.3. The molecule has 3 aromatic rings. The summed E-state index contributed by atoms with van der Waals surface area (Å²) in [5.41, 5.74) is 1.71. The van der Waals surface area contributed by atoms with Crippen molar-refractivity contribution in [2.75, 3.05) is 23.8 Å². The highest BCUT2D eigenvalue weighted by Gasteiger charge is 2.20. The number of nitrogens with zero attached hydrogens (tertiary/aromatic N) is 2. The molecule has 0 spiro atoms. The molecule has 9 nitrogen and oxygen atoms in total. The Labute approximate surface area is 203 Å². The second-order valence-electron chi connectivity index (χ2n) is 6.94. The Morgan fingerprint density at radius 2 is 1.32 bits per heavy atom. The van der Waals surface area contributed by atoms with Gasteiger partial charge in [-0.25, -0.2) is 9.97 Å². The zero-order valence-electron chi connectivity index (χ0n) is 17.4. The number of hydrogen-bond acceptors (Lipinski definition) is 7. The molecule has 2 aliphatic heterocycles. The fourth-order valence-electron chi connectivity index (χ4n) is 2.93. The van der Waals surface area contributed by atoms with Gasteiger partial charge in [0.1, 0.15) is 5.69 Å². The Kier molecular flexibility index (Phi) is 7.05. The number of carbonyl (C=O) groups is 3. The van der Waals surface area contributed by atoms with Crippen LogP contribution in [-0.4, -0.2) is 41.3 Å². The molecular weight excluding hydrogens is 483 g/mol. The minimum atomic E-state index is -0.302. The van der Waals surface area contributed by atoms with Crippen molar-refractivity contribution in [2.24, 2.45) is 0 Å². The van der Waals surface area contributed by atoms with Gasteiger partial charge in [0.05, 0.1) is 15.7 Å². The Morgan fingerprint density at radius 3 is 1.88 bits per heavy atom. The highest BCUT2D eigenvalue weighted by Crippen LogP contribution is 2.31. The van der Waals surface area contributed by atoms with Crippen LogP contribution in [0.2, 0.25) is 10.0 Å². The van der Waals surface area contributed by atoms with Crippen molar-refractivity contribution in [3.63, 3.8) is 0 Å². The first-order valence-corrected chi connectivity index (χ1v) is 10.6. The van der Waals surface area contributed by atoms with E-state index in [1.165, 1.54) is 6.07 Å². The van der Waals surface area contributed by atoms with Gasteiger partial charge in [0.25, 0.3) is 11.8 Å². The number of ether oxygens (including phenoxy) is 2. The molecule has 5 rings (SSSR count). The second-order valence-corrected chi connectivity index (χ2v) is 7.75. The molecule has 2 amide bonds. The average molecular weight is 499 g/mol. The second kappa shape index (κ2) is 10.3. The fourth-order valence-corrected chi connectivity index (χ4v) is 3.32. The zero-order chi connectivity index (χ0) is 24.1. The van der Waals surface area contributed by atoms with Crippen LogP contribution in [0.15, 0.2) is 42.5 Å². The van der Waals surface area contributed by atoms with Crippen molar-refractivity contribution in [1.82, 2.24) is 9.97 Å². The highest BCUT2D eigenvalue weighted by atomic mass is 35.5. The number of hydrogen-bond donors (Lipinski definition) is 2. The zero-order valence-corrected chi connectivity index (χ0v) is 18.9. The molecule has 11 heteroatoms. The van der Waals surface area contributed by atoms with Crippen LogP contribution >= 0.6 is 23.2 Å². The summed E-state index contributed by atoms with van der Waals surface area (Å²) in [5, 5.41) is 5.81. The number of amides is 2. The molecule has 2 aromatic heterocycles. The Balaban J connectivity index is 0.000000172. The summed E-state index contributed by atoms with van der Waals surface area (Å²) >= 11 is 11.9. The van der Waals surface area contributed by atoms with E-state index in [1.54, 1.807) is 12.1 Å². The van der Waals surface area contributed by atoms with E-state index >= 15 is 0 Å². The Morgan fingerprint density at radius 1 is 0.794 bits per heavy atom. The monoisotopic (exact) mass is 498 g/mol. The van der Waals surface area contributed by atoms with Crippen LogP contribution in [0.4, 0.5) is 11.6 Å². The molecule has 172 valence electrons. The number of benzene rings is 1. The van der Waals surface area contributed by atoms with E-state index in [0.717, 1.165) is 5.56 Å². The van der Waals surface area contributed by atoms with E-state index in [4.69, 9.17) is 32.7 Å². The van der Waals surface area contributed by atoms with Crippen molar-refractivity contribution in [3.05, 3.63) is 69.5 Å². The van der Waals surface area contributed by atoms with E-state index in [0.29, 0.717) is 34.3 Å². The Bertz CT molecular complexity index is 1300. The molecule has 2 aliphatic rings. The quantitative estimate of drug-likeness (QED) is 0.521. The van der Waals surface area contributed by atoms with Crippen molar-refractivity contribution in [1.29, 1.82) is 0 Å². The first kappa shape index (κ1) is 23.2. The molecular formula is C23H16Cl2N4O5. The first-order chi connectivity index (χ1) is 16.4. The molecule has 34 heavy (non-hydrogen) atoms. The maximum Gasteiger partial charge on any atom is 0.263 e. The maximum absolute atomic E-state index is 11.3. The summed E-state index contributed by atoms with van der Waals surface area (Å²) in [4.78, 5) is 40.8. The summed E-state index contributed by atoms with van der Waals surface area (Å²) < 4.78 is 10.3. The summed E-state index contributed by atoms with van der Waals surface area (Å²) in [6.45, 7) is -0.0738. The van der Waals surface area contributed by atoms with Gasteiger partial charge >= 0.3 is 0 Å². The van der Waals surface area contributed by atoms with Crippen molar-refractivity contribution in [3.8, 4) is 11.5 Å². The van der Waals surface area contributed by atoms with Crippen LogP contribution in [0.1, 0.15) is 21.7 Å². The van der Waals surface area contributed by atoms with Gasteiger partial charge in [-0.1, -0.05) is 59.6 Å². The summed E-state index contributed by atoms with van der Waals surface area (Å²) in [6.07, 6.45) is 4.23. The summed E-state index contributed by atoms with van der Waals surface area (Å²) in [6, 6.07) is 12.9. The van der Waals surface area contributed by atoms with Gasteiger partial charge in [-0.3, -0.25) is 14.4 Å². The predicted molar refractivity (Wildman–Crippen MR) is 128 cm³/mol. The third-order valence-electron chi connectivity index (χ3n) is 4.51. The van der Waals surface area contributed by atoms with E-state index in [1.807, 2.05) is 36.4 Å². The van der Waals surface area contributed by atoms with Gasteiger partial charge in [-0.05, 0) is 11.6 Å². The van der Waals surface area contributed by atoms with Crippen LogP contribution in [0.3, 0.4) is 0 Å². The number of anilines is 2. The normalized spacial score (nSPS) is 13.8. The number of halogens is 2. The molecule has 0 radical (unpaired) electrons. The van der Waals surface area contributed by atoms with Crippen LogP contribution in [0.25, 0.3) is 12.2 Å². The van der Waals surface area contributed by atoms with Crippen LogP contribution in [0.5, 0.6) is 11.5 Å². The van der Waals surface area contributed by atoms with Crippen molar-refractivity contribution >= 4 is 65.1 Å². The number of nitrogens with one attached hydrogen (secondary N) is 2. The number of rotatable bonds is 3. The molecule has 1 aromatic carbocycles. The molecule has 0 atom stereocenters. The van der Waals surface area contributed by atoms with Crippen molar-refractivity contribution < 1.29 is 23.9 Å². The van der Waals surface area contributed by atoms with Gasteiger partial charge in [-0.15, -0.1) is 0 Å². The van der Waals surface area contributed by atoms with Gasteiger partial charge in [0.2, 0.25) is 0 Å². The smallest absolute Gasteiger partial charge is 0.263 e. The lowest BCUT2D eigenvalue weighted by molar-refractivity contribution is -0.119. The standard InChI is InChI=1S/C15H11ClN2O2.C8H5ClN2O3/c16-11-8-13-15(18-14(19)9-20-13)17-12(11)7-6-10-4-2-1-3-5-10;9-4-1-6-8(10-5(4)2-12)11-7(13)3-14-6/h1-8H,9H2,(H,17,18,19);1-2H,3H2,(H,10,11,13)/b7-6+;. The Hall–Kier alpha value is -3.95. The number of pyridine rings is 2. The van der Waals surface area contributed by atoms with Crippen LogP contribution in [0, 0.1) is 0 Å². The minimum absolute atomic E-state index is 0.00971. The summed E-state index contributed by atoms with van der Waals surface area (Å²) in [5.74, 6) is 0.979. The third kappa shape index (κ3) is 5.51. The molecule has 2 N–H and O–H groups in total. The number of aldehydes is 1. The summed E-state index contributed by atoms with van der Waals surface area (Å²) in [7, 11) is 0. The predicted octanol–water partition coefficient (Wildman–Crippen LogP) is 4.11. The lowest BCUT2D eigenvalue weighted by atomic mass is 10.2. The van der Waals surface area contributed by atoms with E-state index in [2.05, 4.69) is 20.6 Å². The van der Waals surface area contributed by atoms with Gasteiger partial charge in [-0.2, -0.15) is 0 Å². The van der Waals surface area contributed by atoms with Crippen molar-refractivity contribution in [2.45, 2.75) is 0 Å². The topological polar surface area (TPSA) is 120 Å². The molecule has 4 heterocycles. The lowest BCUT2D eigenvalue weighted by Crippen LogP contribution is -2.26.